The van der Waals surface area contributed by atoms with E-state index in [4.69, 9.17) is 14.7 Å². The molecule has 1 aromatic rings. The second kappa shape index (κ2) is 11.3. The Bertz CT molecular complexity index is 924. The Labute approximate surface area is 200 Å². The maximum atomic E-state index is 13.3. The first-order valence-electron chi connectivity index (χ1n) is 10.3. The van der Waals surface area contributed by atoms with E-state index >= 15 is 0 Å². The molecule has 0 aromatic carbocycles. The molecule has 0 atom stereocenters. The first kappa shape index (κ1) is 28.5. The molecular formula is C19H26ClF4N3O6S. The van der Waals surface area contributed by atoms with E-state index in [0.717, 1.165) is 6.20 Å². The predicted octanol–water partition coefficient (Wildman–Crippen LogP) is 2.35. The minimum atomic E-state index is -4.27. The average Bonchev–Trinajstić information content (AvgIpc) is 2.83. The number of halogens is 5. The van der Waals surface area contributed by atoms with Crippen LogP contribution >= 0.6 is 12.4 Å². The number of nitrogens with zero attached hydrogens (tertiary/aromatic N) is 2. The van der Waals surface area contributed by atoms with E-state index in [1.807, 2.05) is 0 Å². The molecule has 2 saturated heterocycles. The summed E-state index contributed by atoms with van der Waals surface area (Å²) >= 11 is 0. The highest BCUT2D eigenvalue weighted by Gasteiger charge is 2.54. The molecule has 0 saturated carbocycles. The van der Waals surface area contributed by atoms with Crippen LogP contribution < -0.4 is 10.2 Å². The summed E-state index contributed by atoms with van der Waals surface area (Å²) in [5, 5.41) is 9.12. The van der Waals surface area contributed by atoms with Crippen molar-refractivity contribution in [3.05, 3.63) is 24.0 Å². The van der Waals surface area contributed by atoms with Gasteiger partial charge in [0.15, 0.2) is 11.4 Å². The molecule has 1 amide bonds. The number of hydroxylamine groups is 1. The molecule has 15 heteroatoms. The zero-order valence-corrected chi connectivity index (χ0v) is 19.6. The lowest BCUT2D eigenvalue weighted by molar-refractivity contribution is -0.148. The number of ether oxygens (including phenoxy) is 2. The van der Waals surface area contributed by atoms with Gasteiger partial charge in [-0.05, 0) is 25.0 Å². The fraction of sp³-hybridized carbons (Fsp3) is 0.684. The Morgan fingerprint density at radius 1 is 1.29 bits per heavy atom. The summed E-state index contributed by atoms with van der Waals surface area (Å²) in [7, 11) is -4.09. The van der Waals surface area contributed by atoms with Crippen molar-refractivity contribution in [2.75, 3.05) is 32.9 Å². The SMILES string of the molecule is Cl.O=C(NO)C1(S(=O)(=O)N2CCC(c3ccc(OCC(F)(F)C(F)F)cn3)CC2)CCOCC1. The van der Waals surface area contributed by atoms with Crippen LogP contribution in [0.15, 0.2) is 18.3 Å². The van der Waals surface area contributed by atoms with Gasteiger partial charge in [0.1, 0.15) is 5.75 Å². The number of amides is 1. The predicted molar refractivity (Wildman–Crippen MR) is 113 cm³/mol. The van der Waals surface area contributed by atoms with E-state index < -0.39 is 39.6 Å². The molecule has 2 N–H and O–H groups in total. The van der Waals surface area contributed by atoms with Gasteiger partial charge in [-0.2, -0.15) is 8.78 Å². The van der Waals surface area contributed by atoms with E-state index in [1.54, 1.807) is 0 Å². The molecule has 0 aliphatic carbocycles. The van der Waals surface area contributed by atoms with Crippen molar-refractivity contribution < 1.29 is 45.5 Å². The number of carbonyl (C=O) groups excluding carboxylic acids is 1. The number of nitrogens with one attached hydrogen (secondary N) is 1. The Morgan fingerprint density at radius 3 is 2.41 bits per heavy atom. The Kier molecular flexibility index (Phi) is 9.50. The first-order chi connectivity index (χ1) is 15.5. The number of alkyl halides is 4. The smallest absolute Gasteiger partial charge is 0.340 e. The van der Waals surface area contributed by atoms with Gasteiger partial charge in [-0.25, -0.2) is 27.0 Å². The van der Waals surface area contributed by atoms with Crippen LogP contribution in [-0.4, -0.2) is 78.8 Å². The van der Waals surface area contributed by atoms with Crippen molar-refractivity contribution in [1.29, 1.82) is 0 Å². The maximum Gasteiger partial charge on any atom is 0.340 e. The maximum absolute atomic E-state index is 13.3. The second-order valence-electron chi connectivity index (χ2n) is 8.00. The summed E-state index contributed by atoms with van der Waals surface area (Å²) in [5.41, 5.74) is 2.05. The molecule has 2 aliphatic rings. The molecule has 2 fully saturated rings. The van der Waals surface area contributed by atoms with E-state index in [0.29, 0.717) is 18.5 Å². The Morgan fingerprint density at radius 2 is 1.91 bits per heavy atom. The summed E-state index contributed by atoms with van der Waals surface area (Å²) in [6.45, 7) is -1.09. The Balaban J connectivity index is 0.00000408. The zero-order chi connectivity index (χ0) is 24.3. The van der Waals surface area contributed by atoms with Gasteiger partial charge in [0.05, 0.1) is 6.20 Å². The quantitative estimate of drug-likeness (QED) is 0.298. The van der Waals surface area contributed by atoms with E-state index in [1.165, 1.54) is 21.9 Å². The number of hydrogen-bond donors (Lipinski definition) is 2. The van der Waals surface area contributed by atoms with Crippen LogP contribution in [0.4, 0.5) is 17.6 Å². The lowest BCUT2D eigenvalue weighted by Crippen LogP contribution is -2.60. The lowest BCUT2D eigenvalue weighted by Gasteiger charge is -2.40. The number of rotatable bonds is 8. The zero-order valence-electron chi connectivity index (χ0n) is 18.0. The minimum absolute atomic E-state index is 0. The summed E-state index contributed by atoms with van der Waals surface area (Å²) in [5.74, 6) is -5.48. The van der Waals surface area contributed by atoms with Crippen molar-refractivity contribution in [2.45, 2.75) is 48.7 Å². The van der Waals surface area contributed by atoms with Crippen LogP contribution in [0.2, 0.25) is 0 Å². The third-order valence-corrected chi connectivity index (χ3v) is 8.66. The second-order valence-corrected chi connectivity index (χ2v) is 10.2. The molecule has 34 heavy (non-hydrogen) atoms. The van der Waals surface area contributed by atoms with Crippen molar-refractivity contribution in [2.24, 2.45) is 0 Å². The fourth-order valence-corrected chi connectivity index (χ4v) is 6.15. The number of piperidine rings is 1. The number of pyridine rings is 1. The molecular weight excluding hydrogens is 510 g/mol. The number of carbonyl (C=O) groups is 1. The highest BCUT2D eigenvalue weighted by Crippen LogP contribution is 2.36. The molecule has 3 heterocycles. The van der Waals surface area contributed by atoms with Crippen LogP contribution in [0, 0.1) is 0 Å². The van der Waals surface area contributed by atoms with Gasteiger partial charge < -0.3 is 9.47 Å². The molecule has 194 valence electrons. The van der Waals surface area contributed by atoms with Gasteiger partial charge in [0.25, 0.3) is 5.91 Å². The summed E-state index contributed by atoms with van der Waals surface area (Å²) in [6, 6.07) is 2.86. The summed E-state index contributed by atoms with van der Waals surface area (Å²) < 4.78 is 86.3. The van der Waals surface area contributed by atoms with Crippen molar-refractivity contribution in [3.63, 3.8) is 0 Å². The van der Waals surface area contributed by atoms with Crippen LogP contribution in [0.3, 0.4) is 0 Å². The molecule has 0 bridgehead atoms. The van der Waals surface area contributed by atoms with Gasteiger partial charge in [-0.1, -0.05) is 0 Å². The van der Waals surface area contributed by atoms with Crippen molar-refractivity contribution in [3.8, 4) is 5.75 Å². The number of sulfonamides is 1. The molecule has 0 radical (unpaired) electrons. The van der Waals surface area contributed by atoms with Crippen LogP contribution in [-0.2, 0) is 19.6 Å². The topological polar surface area (TPSA) is 118 Å². The number of hydrogen-bond acceptors (Lipinski definition) is 7. The van der Waals surface area contributed by atoms with Crippen LogP contribution in [0.5, 0.6) is 5.75 Å². The molecule has 0 unspecified atom stereocenters. The normalized spacial score (nSPS) is 19.9. The fourth-order valence-electron chi connectivity index (χ4n) is 4.01. The van der Waals surface area contributed by atoms with Gasteiger partial charge in [0, 0.05) is 50.8 Å². The first-order valence-corrected chi connectivity index (χ1v) is 11.7. The largest absolute Gasteiger partial charge is 0.485 e. The number of aromatic nitrogens is 1. The highest BCUT2D eigenvalue weighted by molar-refractivity contribution is 7.91. The minimum Gasteiger partial charge on any atom is -0.485 e. The summed E-state index contributed by atoms with van der Waals surface area (Å²) in [4.78, 5) is 16.5. The molecule has 1 aromatic heterocycles. The van der Waals surface area contributed by atoms with Gasteiger partial charge in [-0.3, -0.25) is 15.0 Å². The van der Waals surface area contributed by atoms with Crippen molar-refractivity contribution in [1.82, 2.24) is 14.8 Å². The summed E-state index contributed by atoms with van der Waals surface area (Å²) in [6.07, 6.45) is -2.05. The average molecular weight is 536 g/mol. The molecule has 9 nitrogen and oxygen atoms in total. The third kappa shape index (κ3) is 5.73. The van der Waals surface area contributed by atoms with Gasteiger partial charge >= 0.3 is 12.3 Å². The van der Waals surface area contributed by atoms with Crippen LogP contribution in [0.25, 0.3) is 0 Å². The molecule has 3 rings (SSSR count). The van der Waals surface area contributed by atoms with E-state index in [-0.39, 0.29) is 63.2 Å². The standard InChI is InChI=1S/C19H25F4N3O6S.ClH/c20-16(21)19(22,23)12-32-14-1-2-15(24-11-14)13-3-7-26(8-4-13)33(29,30)18(17(27)25-28)5-9-31-10-6-18;/h1-2,11,13,16,28H,3-10,12H2,(H,25,27);1H. The van der Waals surface area contributed by atoms with Gasteiger partial charge in [0.2, 0.25) is 10.0 Å². The third-order valence-electron chi connectivity index (χ3n) is 6.03. The lowest BCUT2D eigenvalue weighted by atomic mass is 9.94. The highest BCUT2D eigenvalue weighted by atomic mass is 35.5. The van der Waals surface area contributed by atoms with Crippen LogP contribution in [0.1, 0.15) is 37.3 Å². The van der Waals surface area contributed by atoms with Gasteiger partial charge in [-0.15, -0.1) is 12.4 Å². The Hall–Kier alpha value is -1.74. The van der Waals surface area contributed by atoms with E-state index in [9.17, 15) is 30.8 Å². The molecule has 2 aliphatic heterocycles. The monoisotopic (exact) mass is 535 g/mol. The molecule has 0 spiro atoms. The van der Waals surface area contributed by atoms with Crippen molar-refractivity contribution >= 4 is 28.3 Å². The van der Waals surface area contributed by atoms with E-state index in [2.05, 4.69) is 4.98 Å².